The number of rotatable bonds is 0. The summed E-state index contributed by atoms with van der Waals surface area (Å²) < 4.78 is 7.18. The number of benzene rings is 1. The van der Waals surface area contributed by atoms with Crippen LogP contribution >= 0.6 is 28.3 Å². The Kier molecular flexibility index (Phi) is 4.23. The fraction of sp³-hybridized carbons (Fsp3) is 0.500. The van der Waals surface area contributed by atoms with Crippen molar-refractivity contribution in [3.05, 3.63) is 27.7 Å². The van der Waals surface area contributed by atoms with Crippen molar-refractivity contribution in [1.82, 2.24) is 5.32 Å². The summed E-state index contributed by atoms with van der Waals surface area (Å²) in [5.74, 6) is 0.958. The van der Waals surface area contributed by atoms with Crippen molar-refractivity contribution in [3.63, 3.8) is 0 Å². The number of ketones is 1. The van der Waals surface area contributed by atoms with Crippen LogP contribution in [0.1, 0.15) is 35.2 Å². The van der Waals surface area contributed by atoms with Crippen molar-refractivity contribution >= 4 is 34.1 Å². The molecule has 1 spiro atoms. The van der Waals surface area contributed by atoms with E-state index in [9.17, 15) is 4.79 Å². The van der Waals surface area contributed by atoms with Gasteiger partial charge in [-0.3, -0.25) is 4.79 Å². The molecule has 2 heterocycles. The molecule has 1 saturated heterocycles. The van der Waals surface area contributed by atoms with E-state index in [-0.39, 0.29) is 23.8 Å². The van der Waals surface area contributed by atoms with Gasteiger partial charge in [0.15, 0.2) is 5.78 Å². The molecule has 1 aromatic rings. The summed E-state index contributed by atoms with van der Waals surface area (Å²) in [6.45, 7) is 3.85. The van der Waals surface area contributed by atoms with E-state index in [1.54, 1.807) is 0 Å². The Labute approximate surface area is 127 Å². The van der Waals surface area contributed by atoms with E-state index in [1.807, 2.05) is 19.1 Å². The van der Waals surface area contributed by atoms with Gasteiger partial charge in [-0.05, 0) is 37.7 Å². The van der Waals surface area contributed by atoms with Gasteiger partial charge in [0.1, 0.15) is 11.4 Å². The lowest BCUT2D eigenvalue weighted by Gasteiger charge is -2.41. The summed E-state index contributed by atoms with van der Waals surface area (Å²) in [4.78, 5) is 12.3. The van der Waals surface area contributed by atoms with Crippen molar-refractivity contribution in [3.8, 4) is 5.75 Å². The molecule has 3 nitrogen and oxygen atoms in total. The largest absolute Gasteiger partial charge is 0.486 e. The van der Waals surface area contributed by atoms with Gasteiger partial charge in [-0.25, -0.2) is 0 Å². The molecule has 0 saturated carbocycles. The highest BCUT2D eigenvalue weighted by atomic mass is 79.9. The Morgan fingerprint density at radius 1 is 1.32 bits per heavy atom. The quantitative estimate of drug-likeness (QED) is 0.783. The first-order chi connectivity index (χ1) is 8.60. The third-order valence-corrected chi connectivity index (χ3v) is 4.74. The second-order valence-electron chi connectivity index (χ2n) is 5.23. The van der Waals surface area contributed by atoms with Crippen molar-refractivity contribution in [2.24, 2.45) is 0 Å². The molecule has 19 heavy (non-hydrogen) atoms. The fourth-order valence-corrected chi connectivity index (χ4v) is 3.11. The molecule has 0 radical (unpaired) electrons. The SMILES string of the molecule is Cc1cc2c(cc1Br)OC1(CCNCC1)CC2=O.Cl. The lowest BCUT2D eigenvalue weighted by molar-refractivity contribution is 0.0187. The zero-order valence-electron chi connectivity index (χ0n) is 10.8. The van der Waals surface area contributed by atoms with E-state index in [0.717, 1.165) is 47.3 Å². The lowest BCUT2D eigenvalue weighted by Crippen LogP contribution is -2.49. The molecule has 2 aliphatic heterocycles. The van der Waals surface area contributed by atoms with Crippen LogP contribution in [0.4, 0.5) is 0 Å². The molecule has 0 bridgehead atoms. The fourth-order valence-electron chi connectivity index (χ4n) is 2.78. The van der Waals surface area contributed by atoms with E-state index in [4.69, 9.17) is 4.74 Å². The van der Waals surface area contributed by atoms with Gasteiger partial charge >= 0.3 is 0 Å². The highest BCUT2D eigenvalue weighted by Gasteiger charge is 2.41. The Morgan fingerprint density at radius 3 is 2.68 bits per heavy atom. The third kappa shape index (κ3) is 2.67. The van der Waals surface area contributed by atoms with Crippen molar-refractivity contribution in [2.45, 2.75) is 31.8 Å². The molecule has 1 aromatic carbocycles. The van der Waals surface area contributed by atoms with E-state index < -0.39 is 0 Å². The predicted molar refractivity (Wildman–Crippen MR) is 80.5 cm³/mol. The van der Waals surface area contributed by atoms with Gasteiger partial charge in [-0.1, -0.05) is 15.9 Å². The molecular formula is C14H17BrClNO2. The Bertz CT molecular complexity index is 512. The van der Waals surface area contributed by atoms with Gasteiger partial charge in [0.25, 0.3) is 0 Å². The van der Waals surface area contributed by atoms with Gasteiger partial charge in [0.2, 0.25) is 0 Å². The molecule has 0 aromatic heterocycles. The maximum absolute atomic E-state index is 12.3. The normalized spacial score (nSPS) is 20.4. The Balaban J connectivity index is 0.00000133. The van der Waals surface area contributed by atoms with E-state index in [2.05, 4.69) is 21.2 Å². The zero-order valence-corrected chi connectivity index (χ0v) is 13.2. The molecule has 1 N–H and O–H groups in total. The molecule has 5 heteroatoms. The minimum atomic E-state index is -0.274. The smallest absolute Gasteiger partial charge is 0.170 e. The van der Waals surface area contributed by atoms with Crippen molar-refractivity contribution in [2.75, 3.05) is 13.1 Å². The van der Waals surface area contributed by atoms with Crippen molar-refractivity contribution < 1.29 is 9.53 Å². The van der Waals surface area contributed by atoms with Gasteiger partial charge < -0.3 is 10.1 Å². The topological polar surface area (TPSA) is 38.3 Å². The molecule has 3 rings (SSSR count). The number of carbonyl (C=O) groups excluding carboxylic acids is 1. The molecule has 0 amide bonds. The Morgan fingerprint density at radius 2 is 2.00 bits per heavy atom. The summed E-state index contributed by atoms with van der Waals surface area (Å²) in [6, 6.07) is 3.86. The molecule has 0 unspecified atom stereocenters. The zero-order chi connectivity index (χ0) is 12.8. The highest BCUT2D eigenvalue weighted by molar-refractivity contribution is 9.10. The summed E-state index contributed by atoms with van der Waals surface area (Å²) >= 11 is 3.50. The molecule has 0 atom stereocenters. The molecule has 2 aliphatic rings. The van der Waals surface area contributed by atoms with Crippen molar-refractivity contribution in [1.29, 1.82) is 0 Å². The van der Waals surface area contributed by atoms with Gasteiger partial charge in [0.05, 0.1) is 12.0 Å². The number of hydrogen-bond acceptors (Lipinski definition) is 3. The average molecular weight is 347 g/mol. The number of Topliss-reactive ketones (excluding diaryl/α,β-unsaturated/α-hetero) is 1. The number of hydrogen-bond donors (Lipinski definition) is 1. The summed E-state index contributed by atoms with van der Waals surface area (Å²) in [5, 5.41) is 3.32. The average Bonchev–Trinajstić information content (AvgIpc) is 2.33. The van der Waals surface area contributed by atoms with Gasteiger partial charge in [0, 0.05) is 17.3 Å². The lowest BCUT2D eigenvalue weighted by atomic mass is 9.83. The number of aryl methyl sites for hydroxylation is 1. The third-order valence-electron chi connectivity index (χ3n) is 3.89. The van der Waals surface area contributed by atoms with Crippen LogP contribution < -0.4 is 10.1 Å². The van der Waals surface area contributed by atoms with E-state index >= 15 is 0 Å². The maximum Gasteiger partial charge on any atom is 0.170 e. The molecule has 1 fully saturated rings. The first-order valence-corrected chi connectivity index (χ1v) is 7.12. The number of nitrogens with one attached hydrogen (secondary N) is 1. The molecule has 104 valence electrons. The Hall–Kier alpha value is -0.580. The number of carbonyl (C=O) groups is 1. The van der Waals surface area contributed by atoms with Crippen LogP contribution in [0.25, 0.3) is 0 Å². The number of ether oxygens (including phenoxy) is 1. The number of fused-ring (bicyclic) bond motifs is 1. The first-order valence-electron chi connectivity index (χ1n) is 6.33. The van der Waals surface area contributed by atoms with Gasteiger partial charge in [-0.15, -0.1) is 12.4 Å². The first kappa shape index (κ1) is 14.8. The second-order valence-corrected chi connectivity index (χ2v) is 6.09. The van der Waals surface area contributed by atoms with Crippen LogP contribution in [0.3, 0.4) is 0 Å². The maximum atomic E-state index is 12.3. The second kappa shape index (κ2) is 5.43. The van der Waals surface area contributed by atoms with Crippen LogP contribution in [0.2, 0.25) is 0 Å². The highest BCUT2D eigenvalue weighted by Crippen LogP contribution is 2.40. The van der Waals surface area contributed by atoms with Crippen LogP contribution in [0.5, 0.6) is 5.75 Å². The van der Waals surface area contributed by atoms with E-state index in [0.29, 0.717) is 6.42 Å². The van der Waals surface area contributed by atoms with Gasteiger partial charge in [-0.2, -0.15) is 0 Å². The summed E-state index contributed by atoms with van der Waals surface area (Å²) in [5.41, 5.74) is 1.54. The standard InChI is InChI=1S/C14H16BrNO2.ClH/c1-9-6-10-12(17)8-14(2-4-16-5-3-14)18-13(10)7-11(9)15;/h6-7,16H,2-5,8H2,1H3;1H. The van der Waals surface area contributed by atoms with Crippen LogP contribution in [0.15, 0.2) is 16.6 Å². The molecular weight excluding hydrogens is 330 g/mol. The molecule has 0 aliphatic carbocycles. The summed E-state index contributed by atoms with van der Waals surface area (Å²) in [7, 11) is 0. The number of piperidine rings is 1. The van der Waals surface area contributed by atoms with Crippen LogP contribution in [-0.2, 0) is 0 Å². The monoisotopic (exact) mass is 345 g/mol. The van der Waals surface area contributed by atoms with Crippen LogP contribution in [-0.4, -0.2) is 24.5 Å². The van der Waals surface area contributed by atoms with E-state index in [1.165, 1.54) is 0 Å². The minimum Gasteiger partial charge on any atom is -0.486 e. The van der Waals surface area contributed by atoms with Crippen LogP contribution in [0, 0.1) is 6.92 Å². The predicted octanol–water partition coefficient (Wildman–Crippen LogP) is 3.27. The summed E-state index contributed by atoms with van der Waals surface area (Å²) in [6.07, 6.45) is 2.33. The number of halogens is 2. The minimum absolute atomic E-state index is 0.